The maximum atomic E-state index is 12.0. The number of carbonyl (C=O) groups is 1. The van der Waals surface area contributed by atoms with Gasteiger partial charge in [0.2, 0.25) is 5.91 Å². The zero-order valence-electron chi connectivity index (χ0n) is 12.5. The van der Waals surface area contributed by atoms with E-state index in [1.165, 1.54) is 25.7 Å². The third-order valence-electron chi connectivity index (χ3n) is 5.18. The average molecular weight is 251 g/mol. The van der Waals surface area contributed by atoms with Crippen LogP contribution in [0.2, 0.25) is 0 Å². The molecule has 2 fully saturated rings. The Kier molecular flexibility index (Phi) is 4.03. The van der Waals surface area contributed by atoms with Gasteiger partial charge in [0.05, 0.1) is 0 Å². The number of hydrogen-bond donors (Lipinski definition) is 1. The lowest BCUT2D eigenvalue weighted by Gasteiger charge is -2.47. The molecule has 1 heterocycles. The molecule has 1 aliphatic carbocycles. The summed E-state index contributed by atoms with van der Waals surface area (Å²) in [4.78, 5) is 12.0. The zero-order valence-corrected chi connectivity index (χ0v) is 12.5. The van der Waals surface area contributed by atoms with Crippen LogP contribution in [0.15, 0.2) is 0 Å². The monoisotopic (exact) mass is 251 g/mol. The van der Waals surface area contributed by atoms with Gasteiger partial charge in [-0.15, -0.1) is 0 Å². The molecule has 1 amide bonds. The van der Waals surface area contributed by atoms with Crippen molar-refractivity contribution in [3.05, 3.63) is 0 Å². The van der Waals surface area contributed by atoms with Gasteiger partial charge < -0.3 is 5.32 Å². The van der Waals surface area contributed by atoms with Gasteiger partial charge in [0.1, 0.15) is 0 Å². The van der Waals surface area contributed by atoms with E-state index in [1.807, 2.05) is 0 Å². The van der Waals surface area contributed by atoms with Crippen LogP contribution in [-0.4, -0.2) is 11.9 Å². The lowest BCUT2D eigenvalue weighted by molar-refractivity contribution is -0.120. The van der Waals surface area contributed by atoms with Gasteiger partial charge in [-0.25, -0.2) is 0 Å². The third-order valence-corrected chi connectivity index (χ3v) is 5.18. The van der Waals surface area contributed by atoms with E-state index in [-0.39, 0.29) is 5.41 Å². The Bertz CT molecular complexity index is 310. The summed E-state index contributed by atoms with van der Waals surface area (Å²) in [6.45, 7) is 9.22. The molecule has 3 atom stereocenters. The van der Waals surface area contributed by atoms with Crippen molar-refractivity contribution in [3.63, 3.8) is 0 Å². The van der Waals surface area contributed by atoms with Crippen LogP contribution in [0.25, 0.3) is 0 Å². The highest BCUT2D eigenvalue weighted by atomic mass is 16.2. The fourth-order valence-corrected chi connectivity index (χ4v) is 4.52. The Balaban J connectivity index is 2.25. The molecule has 0 aromatic rings. The van der Waals surface area contributed by atoms with Crippen molar-refractivity contribution in [3.8, 4) is 0 Å². The molecule has 1 N–H and O–H groups in total. The zero-order chi connectivity index (χ0) is 13.3. The van der Waals surface area contributed by atoms with E-state index in [4.69, 9.17) is 0 Å². The summed E-state index contributed by atoms with van der Waals surface area (Å²) in [5, 5.41) is 3.29. The molecule has 104 valence electrons. The molecule has 2 rings (SSSR count). The van der Waals surface area contributed by atoms with Crippen molar-refractivity contribution in [2.24, 2.45) is 23.2 Å². The van der Waals surface area contributed by atoms with Gasteiger partial charge in [0.25, 0.3) is 0 Å². The highest BCUT2D eigenvalue weighted by Crippen LogP contribution is 2.53. The summed E-state index contributed by atoms with van der Waals surface area (Å²) < 4.78 is 0. The van der Waals surface area contributed by atoms with Crippen LogP contribution in [0, 0.1) is 23.2 Å². The van der Waals surface area contributed by atoms with Crippen molar-refractivity contribution in [1.82, 2.24) is 5.32 Å². The molecule has 0 radical (unpaired) electrons. The third kappa shape index (κ3) is 2.44. The Labute approximate surface area is 112 Å². The van der Waals surface area contributed by atoms with Crippen LogP contribution < -0.4 is 5.32 Å². The Morgan fingerprint density at radius 3 is 2.61 bits per heavy atom. The lowest BCUT2D eigenvalue weighted by atomic mass is 9.58. The number of hydrogen-bond acceptors (Lipinski definition) is 1. The van der Waals surface area contributed by atoms with Gasteiger partial charge in [0.15, 0.2) is 0 Å². The largest absolute Gasteiger partial charge is 0.353 e. The molecule has 0 aromatic carbocycles. The Hall–Kier alpha value is -0.530. The molecule has 3 unspecified atom stereocenters. The van der Waals surface area contributed by atoms with Crippen LogP contribution in [0.4, 0.5) is 0 Å². The highest BCUT2D eigenvalue weighted by Gasteiger charge is 2.52. The van der Waals surface area contributed by atoms with Crippen LogP contribution in [-0.2, 0) is 4.79 Å². The normalized spacial score (nSPS) is 36.7. The molecule has 1 saturated heterocycles. The SMILES string of the molecule is CC(C)CC1NC(=O)CC12CCCCC2C(C)C. The van der Waals surface area contributed by atoms with Crippen LogP contribution in [0.5, 0.6) is 0 Å². The lowest BCUT2D eigenvalue weighted by Crippen LogP contribution is -2.46. The summed E-state index contributed by atoms with van der Waals surface area (Å²) >= 11 is 0. The summed E-state index contributed by atoms with van der Waals surface area (Å²) in [6, 6.07) is 0.428. The average Bonchev–Trinajstić information content (AvgIpc) is 2.54. The summed E-state index contributed by atoms with van der Waals surface area (Å²) in [7, 11) is 0. The molecule has 2 nitrogen and oxygen atoms in total. The molecular weight excluding hydrogens is 222 g/mol. The van der Waals surface area contributed by atoms with Crippen molar-refractivity contribution in [2.45, 2.75) is 72.3 Å². The van der Waals surface area contributed by atoms with Crippen LogP contribution in [0.3, 0.4) is 0 Å². The minimum absolute atomic E-state index is 0.272. The van der Waals surface area contributed by atoms with Gasteiger partial charge in [-0.2, -0.15) is 0 Å². The highest BCUT2D eigenvalue weighted by molar-refractivity contribution is 5.80. The van der Waals surface area contributed by atoms with Gasteiger partial charge >= 0.3 is 0 Å². The molecule has 1 aliphatic heterocycles. The molecule has 1 spiro atoms. The predicted molar refractivity (Wildman–Crippen MR) is 75.2 cm³/mol. The smallest absolute Gasteiger partial charge is 0.220 e. The first kappa shape index (κ1) is 13.9. The van der Waals surface area contributed by atoms with E-state index < -0.39 is 0 Å². The summed E-state index contributed by atoms with van der Waals surface area (Å²) in [6.07, 6.45) is 7.18. The number of nitrogens with one attached hydrogen (secondary N) is 1. The number of amides is 1. The molecule has 2 heteroatoms. The molecule has 18 heavy (non-hydrogen) atoms. The van der Waals surface area contributed by atoms with Crippen molar-refractivity contribution >= 4 is 5.91 Å². The van der Waals surface area contributed by atoms with E-state index in [0.29, 0.717) is 23.8 Å². The second-order valence-corrected chi connectivity index (χ2v) is 7.26. The standard InChI is InChI=1S/C16H29NO/c1-11(2)9-14-16(10-15(18)17-14)8-6-5-7-13(16)12(3)4/h11-14H,5-10H2,1-4H3,(H,17,18). The van der Waals surface area contributed by atoms with E-state index in [2.05, 4.69) is 33.0 Å². The van der Waals surface area contributed by atoms with Crippen LogP contribution >= 0.6 is 0 Å². The second-order valence-electron chi connectivity index (χ2n) is 7.26. The maximum absolute atomic E-state index is 12.0. The molecule has 2 aliphatic rings. The van der Waals surface area contributed by atoms with Crippen molar-refractivity contribution in [1.29, 1.82) is 0 Å². The van der Waals surface area contributed by atoms with Gasteiger partial charge in [0, 0.05) is 17.9 Å². The molecular formula is C16H29NO. The Morgan fingerprint density at radius 2 is 2.00 bits per heavy atom. The van der Waals surface area contributed by atoms with Gasteiger partial charge in [-0.05, 0) is 37.0 Å². The summed E-state index contributed by atoms with van der Waals surface area (Å²) in [5.74, 6) is 2.40. The minimum atomic E-state index is 0.272. The van der Waals surface area contributed by atoms with Gasteiger partial charge in [-0.1, -0.05) is 40.5 Å². The van der Waals surface area contributed by atoms with E-state index in [1.54, 1.807) is 0 Å². The first-order chi connectivity index (χ1) is 8.45. The molecule has 0 aromatic heterocycles. The first-order valence-corrected chi connectivity index (χ1v) is 7.75. The Morgan fingerprint density at radius 1 is 1.28 bits per heavy atom. The first-order valence-electron chi connectivity index (χ1n) is 7.75. The minimum Gasteiger partial charge on any atom is -0.353 e. The molecule has 1 saturated carbocycles. The quantitative estimate of drug-likeness (QED) is 0.813. The second kappa shape index (κ2) is 5.22. The predicted octanol–water partition coefficient (Wildman–Crippen LogP) is 3.75. The number of rotatable bonds is 3. The number of carbonyl (C=O) groups excluding carboxylic acids is 1. The van der Waals surface area contributed by atoms with E-state index >= 15 is 0 Å². The van der Waals surface area contributed by atoms with Crippen molar-refractivity contribution < 1.29 is 4.79 Å². The topological polar surface area (TPSA) is 29.1 Å². The fraction of sp³-hybridized carbons (Fsp3) is 0.938. The van der Waals surface area contributed by atoms with E-state index in [0.717, 1.165) is 18.8 Å². The summed E-state index contributed by atoms with van der Waals surface area (Å²) in [5.41, 5.74) is 0.272. The molecule has 0 bridgehead atoms. The van der Waals surface area contributed by atoms with Crippen molar-refractivity contribution in [2.75, 3.05) is 0 Å². The maximum Gasteiger partial charge on any atom is 0.220 e. The van der Waals surface area contributed by atoms with Gasteiger partial charge in [-0.3, -0.25) is 4.79 Å². The fourth-order valence-electron chi connectivity index (χ4n) is 4.52. The van der Waals surface area contributed by atoms with Crippen LogP contribution in [0.1, 0.15) is 66.2 Å². The van der Waals surface area contributed by atoms with E-state index in [9.17, 15) is 4.79 Å².